The minimum atomic E-state index is 0.608. The molecule has 0 amide bonds. The summed E-state index contributed by atoms with van der Waals surface area (Å²) in [5.74, 6) is 0.931. The van der Waals surface area contributed by atoms with Gasteiger partial charge >= 0.3 is 0 Å². The Hall–Kier alpha value is -2.22. The summed E-state index contributed by atoms with van der Waals surface area (Å²) in [5, 5.41) is 1.30. The van der Waals surface area contributed by atoms with Gasteiger partial charge in [0, 0.05) is 29.2 Å². The zero-order valence-corrected chi connectivity index (χ0v) is 12.9. The van der Waals surface area contributed by atoms with E-state index in [1.54, 1.807) is 0 Å². The summed E-state index contributed by atoms with van der Waals surface area (Å²) in [6, 6.07) is 14.8. The van der Waals surface area contributed by atoms with E-state index in [1.165, 1.54) is 27.6 Å². The molecule has 2 aromatic carbocycles. The van der Waals surface area contributed by atoms with E-state index in [0.29, 0.717) is 6.61 Å². The molecule has 0 N–H and O–H groups in total. The summed E-state index contributed by atoms with van der Waals surface area (Å²) in [6.07, 6.45) is 2.21. The molecule has 0 saturated carbocycles. The van der Waals surface area contributed by atoms with Crippen molar-refractivity contribution in [2.24, 2.45) is 0 Å². The molecule has 2 heteroatoms. The van der Waals surface area contributed by atoms with Gasteiger partial charge in [0.25, 0.3) is 0 Å². The second-order valence-electron chi connectivity index (χ2n) is 5.57. The molecule has 1 heterocycles. The lowest BCUT2D eigenvalue weighted by molar-refractivity contribution is 0.307. The summed E-state index contributed by atoms with van der Waals surface area (Å²) >= 11 is 0. The van der Waals surface area contributed by atoms with Crippen LogP contribution in [0.2, 0.25) is 0 Å². The highest BCUT2D eigenvalue weighted by atomic mass is 16.5. The number of hydrogen-bond acceptors (Lipinski definition) is 1. The largest absolute Gasteiger partial charge is 0.489 e. The van der Waals surface area contributed by atoms with Crippen LogP contribution in [0.3, 0.4) is 0 Å². The molecule has 3 aromatic rings. The molecule has 0 radical (unpaired) electrons. The Morgan fingerprint density at radius 3 is 2.57 bits per heavy atom. The van der Waals surface area contributed by atoms with Crippen LogP contribution in [0, 0.1) is 13.8 Å². The third kappa shape index (κ3) is 2.80. The van der Waals surface area contributed by atoms with E-state index in [9.17, 15) is 0 Å². The van der Waals surface area contributed by atoms with E-state index < -0.39 is 0 Å². The first-order valence-corrected chi connectivity index (χ1v) is 7.45. The van der Waals surface area contributed by atoms with Crippen LogP contribution in [0.4, 0.5) is 0 Å². The van der Waals surface area contributed by atoms with Crippen LogP contribution < -0.4 is 4.74 Å². The number of hydrogen-bond donors (Lipinski definition) is 0. The van der Waals surface area contributed by atoms with Gasteiger partial charge in [0.15, 0.2) is 0 Å². The molecule has 0 unspecified atom stereocenters. The molecule has 0 fully saturated rings. The molecule has 0 aliphatic rings. The third-order valence-electron chi connectivity index (χ3n) is 3.84. The Labute approximate surface area is 126 Å². The van der Waals surface area contributed by atoms with Crippen molar-refractivity contribution in [2.75, 3.05) is 0 Å². The van der Waals surface area contributed by atoms with Crippen molar-refractivity contribution in [3.63, 3.8) is 0 Å². The molecule has 0 bridgehead atoms. The van der Waals surface area contributed by atoms with E-state index in [-0.39, 0.29) is 0 Å². The summed E-state index contributed by atoms with van der Waals surface area (Å²) in [6.45, 7) is 7.97. The maximum Gasteiger partial charge on any atom is 0.120 e. The summed E-state index contributed by atoms with van der Waals surface area (Å²) in [5.41, 5.74) is 5.04. The topological polar surface area (TPSA) is 14.2 Å². The lowest BCUT2D eigenvalue weighted by atomic mass is 10.1. The number of ether oxygens (including phenoxy) is 1. The SMILES string of the molecule is CCn1cc(COc2cccc(C)c2)c2cc(C)ccc21. The molecule has 0 saturated heterocycles. The highest BCUT2D eigenvalue weighted by Gasteiger charge is 2.08. The summed E-state index contributed by atoms with van der Waals surface area (Å²) in [7, 11) is 0. The molecule has 0 aliphatic carbocycles. The normalized spacial score (nSPS) is 11.0. The zero-order valence-electron chi connectivity index (χ0n) is 12.9. The van der Waals surface area contributed by atoms with E-state index in [1.807, 2.05) is 12.1 Å². The minimum Gasteiger partial charge on any atom is -0.489 e. The van der Waals surface area contributed by atoms with Crippen LogP contribution in [0.15, 0.2) is 48.7 Å². The van der Waals surface area contributed by atoms with E-state index in [0.717, 1.165) is 12.3 Å². The van der Waals surface area contributed by atoms with Gasteiger partial charge in [-0.1, -0.05) is 23.8 Å². The Kier molecular flexibility index (Phi) is 3.70. The molecule has 0 spiro atoms. The van der Waals surface area contributed by atoms with Crippen molar-refractivity contribution >= 4 is 10.9 Å². The second-order valence-corrected chi connectivity index (χ2v) is 5.57. The van der Waals surface area contributed by atoms with Gasteiger partial charge in [-0.05, 0) is 50.6 Å². The van der Waals surface area contributed by atoms with Gasteiger partial charge in [-0.3, -0.25) is 0 Å². The number of aryl methyl sites for hydroxylation is 3. The van der Waals surface area contributed by atoms with Crippen molar-refractivity contribution in [1.82, 2.24) is 4.57 Å². The van der Waals surface area contributed by atoms with Gasteiger partial charge in [-0.25, -0.2) is 0 Å². The molecular weight excluding hydrogens is 258 g/mol. The van der Waals surface area contributed by atoms with Crippen LogP contribution in [-0.2, 0) is 13.2 Å². The van der Waals surface area contributed by atoms with Gasteiger partial charge in [-0.15, -0.1) is 0 Å². The Bertz CT molecular complexity index is 770. The number of benzene rings is 2. The Morgan fingerprint density at radius 1 is 1.00 bits per heavy atom. The Morgan fingerprint density at radius 2 is 1.81 bits per heavy atom. The smallest absolute Gasteiger partial charge is 0.120 e. The molecule has 108 valence electrons. The van der Waals surface area contributed by atoms with Crippen molar-refractivity contribution in [2.45, 2.75) is 33.9 Å². The first-order chi connectivity index (χ1) is 10.2. The van der Waals surface area contributed by atoms with Crippen LogP contribution in [-0.4, -0.2) is 4.57 Å². The van der Waals surface area contributed by atoms with Crippen molar-refractivity contribution in [3.8, 4) is 5.75 Å². The number of rotatable bonds is 4. The highest BCUT2D eigenvalue weighted by Crippen LogP contribution is 2.24. The Balaban J connectivity index is 1.91. The fourth-order valence-corrected chi connectivity index (χ4v) is 2.73. The first kappa shape index (κ1) is 13.7. The standard InChI is InChI=1S/C19H21NO/c1-4-20-12-16(18-11-15(3)8-9-19(18)20)13-21-17-7-5-6-14(2)10-17/h5-12H,4,13H2,1-3H3. The molecule has 0 aliphatic heterocycles. The van der Waals surface area contributed by atoms with Crippen LogP contribution in [0.5, 0.6) is 5.75 Å². The number of aromatic nitrogens is 1. The van der Waals surface area contributed by atoms with Crippen LogP contribution in [0.1, 0.15) is 23.6 Å². The van der Waals surface area contributed by atoms with Crippen LogP contribution in [0.25, 0.3) is 10.9 Å². The van der Waals surface area contributed by atoms with Gasteiger partial charge in [0.05, 0.1) is 0 Å². The molecule has 3 rings (SSSR count). The molecule has 0 atom stereocenters. The summed E-state index contributed by atoms with van der Waals surface area (Å²) < 4.78 is 8.25. The van der Waals surface area contributed by atoms with Gasteiger partial charge < -0.3 is 9.30 Å². The molecule has 21 heavy (non-hydrogen) atoms. The number of fused-ring (bicyclic) bond motifs is 1. The molecular formula is C19H21NO. The second kappa shape index (κ2) is 5.65. The minimum absolute atomic E-state index is 0.608. The maximum atomic E-state index is 5.97. The van der Waals surface area contributed by atoms with Crippen molar-refractivity contribution in [1.29, 1.82) is 0 Å². The zero-order chi connectivity index (χ0) is 14.8. The maximum absolute atomic E-state index is 5.97. The third-order valence-corrected chi connectivity index (χ3v) is 3.84. The lowest BCUT2D eigenvalue weighted by Crippen LogP contribution is -1.95. The van der Waals surface area contributed by atoms with E-state index in [4.69, 9.17) is 4.74 Å². The van der Waals surface area contributed by atoms with E-state index >= 15 is 0 Å². The fraction of sp³-hybridized carbons (Fsp3) is 0.263. The predicted molar refractivity (Wildman–Crippen MR) is 87.9 cm³/mol. The lowest BCUT2D eigenvalue weighted by Gasteiger charge is -2.06. The monoisotopic (exact) mass is 279 g/mol. The predicted octanol–water partition coefficient (Wildman–Crippen LogP) is 4.86. The fourth-order valence-electron chi connectivity index (χ4n) is 2.73. The van der Waals surface area contributed by atoms with Gasteiger partial charge in [-0.2, -0.15) is 0 Å². The van der Waals surface area contributed by atoms with E-state index in [2.05, 4.69) is 61.9 Å². The summed E-state index contributed by atoms with van der Waals surface area (Å²) in [4.78, 5) is 0. The van der Waals surface area contributed by atoms with Crippen LogP contribution >= 0.6 is 0 Å². The molecule has 1 aromatic heterocycles. The molecule has 2 nitrogen and oxygen atoms in total. The van der Waals surface area contributed by atoms with Crippen molar-refractivity contribution in [3.05, 3.63) is 65.4 Å². The van der Waals surface area contributed by atoms with Crippen molar-refractivity contribution < 1.29 is 4.74 Å². The van der Waals surface area contributed by atoms with Gasteiger partial charge in [0.1, 0.15) is 12.4 Å². The van der Waals surface area contributed by atoms with Gasteiger partial charge in [0.2, 0.25) is 0 Å². The first-order valence-electron chi connectivity index (χ1n) is 7.45. The quantitative estimate of drug-likeness (QED) is 0.665. The average Bonchev–Trinajstić information content (AvgIpc) is 2.82. The average molecular weight is 279 g/mol. The highest BCUT2D eigenvalue weighted by molar-refractivity contribution is 5.84. The number of nitrogens with zero attached hydrogens (tertiary/aromatic N) is 1.